The number of nitrogens with zero attached hydrogens (tertiary/aromatic N) is 3. The first kappa shape index (κ1) is 17.0. The molecule has 126 valence electrons. The van der Waals surface area contributed by atoms with Crippen LogP contribution in [0.3, 0.4) is 0 Å². The highest BCUT2D eigenvalue weighted by Gasteiger charge is 2.23. The Morgan fingerprint density at radius 1 is 1.29 bits per heavy atom. The third kappa shape index (κ3) is 3.64. The molecule has 0 aliphatic carbocycles. The third-order valence-electron chi connectivity index (χ3n) is 3.92. The number of benzene rings is 1. The fraction of sp³-hybridized carbons (Fsp3) is 0.375. The molecule has 2 aromatic rings. The monoisotopic (exact) mass is 362 g/mol. The summed E-state index contributed by atoms with van der Waals surface area (Å²) in [6.07, 6.45) is 1.51. The molecule has 6 nitrogen and oxygen atoms in total. The number of aromatic nitrogens is 1. The van der Waals surface area contributed by atoms with Crippen LogP contribution in [0.5, 0.6) is 0 Å². The molecule has 1 aliphatic heterocycles. The normalized spacial score (nSPS) is 16.0. The smallest absolute Gasteiger partial charge is 0.215 e. The Bertz CT molecular complexity index is 871. The standard InChI is InChI=1S/C16H18N4O2S2/c17-11-13-12-19-15-4-2-1-3-14(15)16(13)18-5-10-24(21,22)20-6-8-23-9-7-20/h1-4,12H,5-10H2,(H,18,19). The minimum absolute atomic E-state index is 0.0131. The summed E-state index contributed by atoms with van der Waals surface area (Å²) in [5.74, 6) is 1.71. The average molecular weight is 362 g/mol. The fourth-order valence-corrected chi connectivity index (χ4v) is 5.17. The van der Waals surface area contributed by atoms with Crippen molar-refractivity contribution in [2.75, 3.05) is 42.2 Å². The van der Waals surface area contributed by atoms with E-state index >= 15 is 0 Å². The number of anilines is 1. The topological polar surface area (TPSA) is 86.1 Å². The summed E-state index contributed by atoms with van der Waals surface area (Å²) in [6, 6.07) is 9.61. The first-order valence-corrected chi connectivity index (χ1v) is 10.5. The first-order valence-electron chi connectivity index (χ1n) is 7.69. The lowest BCUT2D eigenvalue weighted by Crippen LogP contribution is -2.40. The molecule has 1 N–H and O–H groups in total. The molecule has 0 radical (unpaired) electrons. The lowest BCUT2D eigenvalue weighted by molar-refractivity contribution is 0.444. The van der Waals surface area contributed by atoms with Crippen molar-refractivity contribution >= 4 is 38.4 Å². The van der Waals surface area contributed by atoms with Gasteiger partial charge in [0.15, 0.2) is 0 Å². The number of pyridine rings is 1. The lowest BCUT2D eigenvalue weighted by Gasteiger charge is -2.25. The zero-order chi connectivity index (χ0) is 17.0. The van der Waals surface area contributed by atoms with E-state index in [2.05, 4.69) is 16.4 Å². The van der Waals surface area contributed by atoms with Gasteiger partial charge in [0.25, 0.3) is 0 Å². The van der Waals surface area contributed by atoms with Gasteiger partial charge in [-0.25, -0.2) is 12.7 Å². The van der Waals surface area contributed by atoms with Gasteiger partial charge < -0.3 is 5.32 Å². The van der Waals surface area contributed by atoms with E-state index in [1.165, 1.54) is 6.20 Å². The number of hydrogen-bond acceptors (Lipinski definition) is 6. The summed E-state index contributed by atoms with van der Waals surface area (Å²) in [4.78, 5) is 4.25. The van der Waals surface area contributed by atoms with Crippen molar-refractivity contribution < 1.29 is 8.42 Å². The SMILES string of the molecule is N#Cc1cnc2ccccc2c1NCCS(=O)(=O)N1CCSCC1. The number of nitrogens with one attached hydrogen (secondary N) is 1. The first-order chi connectivity index (χ1) is 11.6. The molecule has 3 rings (SSSR count). The maximum Gasteiger partial charge on any atom is 0.215 e. The summed E-state index contributed by atoms with van der Waals surface area (Å²) >= 11 is 1.78. The van der Waals surface area contributed by atoms with Crippen LogP contribution in [0, 0.1) is 11.3 Å². The van der Waals surface area contributed by atoms with Crippen LogP contribution in [-0.2, 0) is 10.0 Å². The molecule has 1 fully saturated rings. The minimum atomic E-state index is -3.27. The second-order valence-corrected chi connectivity index (χ2v) is 8.74. The van der Waals surface area contributed by atoms with Crippen LogP contribution < -0.4 is 5.32 Å². The maximum atomic E-state index is 12.4. The zero-order valence-corrected chi connectivity index (χ0v) is 14.7. The number of para-hydroxylation sites is 1. The predicted molar refractivity (Wildman–Crippen MR) is 97.6 cm³/mol. The van der Waals surface area contributed by atoms with Gasteiger partial charge in [0.05, 0.1) is 22.5 Å². The highest BCUT2D eigenvalue weighted by atomic mass is 32.2. The molecule has 24 heavy (non-hydrogen) atoms. The molecule has 0 bridgehead atoms. The van der Waals surface area contributed by atoms with Crippen molar-refractivity contribution in [3.63, 3.8) is 0 Å². The Morgan fingerprint density at radius 2 is 2.04 bits per heavy atom. The van der Waals surface area contributed by atoms with Crippen molar-refractivity contribution in [1.29, 1.82) is 5.26 Å². The van der Waals surface area contributed by atoms with E-state index in [1.807, 2.05) is 24.3 Å². The molecule has 1 aromatic carbocycles. The third-order valence-corrected chi connectivity index (χ3v) is 6.74. The van der Waals surface area contributed by atoms with E-state index in [4.69, 9.17) is 0 Å². The van der Waals surface area contributed by atoms with Gasteiger partial charge in [0.2, 0.25) is 10.0 Å². The van der Waals surface area contributed by atoms with Crippen LogP contribution in [0.1, 0.15) is 5.56 Å². The van der Waals surface area contributed by atoms with Crippen LogP contribution >= 0.6 is 11.8 Å². The number of hydrogen-bond donors (Lipinski definition) is 1. The number of nitriles is 1. The van der Waals surface area contributed by atoms with Crippen molar-refractivity contribution in [2.24, 2.45) is 0 Å². The van der Waals surface area contributed by atoms with E-state index in [9.17, 15) is 13.7 Å². The maximum absolute atomic E-state index is 12.4. The van der Waals surface area contributed by atoms with Gasteiger partial charge in [-0.2, -0.15) is 17.0 Å². The highest BCUT2D eigenvalue weighted by Crippen LogP contribution is 2.25. The Balaban J connectivity index is 1.75. The molecule has 0 amide bonds. The summed E-state index contributed by atoms with van der Waals surface area (Å²) in [7, 11) is -3.27. The molecular formula is C16H18N4O2S2. The summed E-state index contributed by atoms with van der Waals surface area (Å²) in [5, 5.41) is 13.2. The van der Waals surface area contributed by atoms with Crippen LogP contribution in [-0.4, -0.2) is 54.6 Å². The van der Waals surface area contributed by atoms with Crippen molar-refractivity contribution in [1.82, 2.24) is 9.29 Å². The Kier molecular flexibility index (Phi) is 5.23. The van der Waals surface area contributed by atoms with Crippen molar-refractivity contribution in [3.8, 4) is 6.07 Å². The molecule has 0 atom stereocenters. The average Bonchev–Trinajstić information content (AvgIpc) is 2.62. The summed E-state index contributed by atoms with van der Waals surface area (Å²) in [6.45, 7) is 1.41. The van der Waals surface area contributed by atoms with Crippen LogP contribution in [0.2, 0.25) is 0 Å². The van der Waals surface area contributed by atoms with Gasteiger partial charge in [-0.3, -0.25) is 4.98 Å². The van der Waals surface area contributed by atoms with Gasteiger partial charge in [0.1, 0.15) is 6.07 Å². The van der Waals surface area contributed by atoms with E-state index in [-0.39, 0.29) is 12.3 Å². The summed E-state index contributed by atoms with van der Waals surface area (Å²) in [5.41, 5.74) is 1.84. The van der Waals surface area contributed by atoms with Crippen LogP contribution in [0.4, 0.5) is 5.69 Å². The van der Waals surface area contributed by atoms with E-state index in [1.54, 1.807) is 16.1 Å². The number of rotatable bonds is 5. The lowest BCUT2D eigenvalue weighted by atomic mass is 10.1. The highest BCUT2D eigenvalue weighted by molar-refractivity contribution is 7.99. The van der Waals surface area contributed by atoms with E-state index in [0.717, 1.165) is 22.4 Å². The van der Waals surface area contributed by atoms with Gasteiger partial charge in [-0.05, 0) is 6.07 Å². The Labute approximate surface area is 145 Å². The second-order valence-electron chi connectivity index (χ2n) is 5.43. The molecule has 1 aliphatic rings. The minimum Gasteiger partial charge on any atom is -0.382 e. The largest absolute Gasteiger partial charge is 0.382 e. The van der Waals surface area contributed by atoms with Gasteiger partial charge in [0, 0.05) is 42.7 Å². The number of sulfonamides is 1. The molecule has 1 aromatic heterocycles. The molecule has 8 heteroatoms. The van der Waals surface area contributed by atoms with Gasteiger partial charge in [-0.1, -0.05) is 18.2 Å². The molecule has 1 saturated heterocycles. The van der Waals surface area contributed by atoms with Crippen molar-refractivity contribution in [2.45, 2.75) is 0 Å². The van der Waals surface area contributed by atoms with E-state index < -0.39 is 10.0 Å². The molecular weight excluding hydrogens is 344 g/mol. The molecule has 2 heterocycles. The zero-order valence-electron chi connectivity index (χ0n) is 13.1. The van der Waals surface area contributed by atoms with Crippen molar-refractivity contribution in [3.05, 3.63) is 36.0 Å². The van der Waals surface area contributed by atoms with E-state index in [0.29, 0.717) is 24.3 Å². The van der Waals surface area contributed by atoms with Crippen LogP contribution in [0.25, 0.3) is 10.9 Å². The summed E-state index contributed by atoms with van der Waals surface area (Å²) < 4.78 is 26.3. The molecule has 0 saturated carbocycles. The number of thioether (sulfide) groups is 1. The Morgan fingerprint density at radius 3 is 2.79 bits per heavy atom. The second kappa shape index (κ2) is 7.38. The number of fused-ring (bicyclic) bond motifs is 1. The van der Waals surface area contributed by atoms with Gasteiger partial charge >= 0.3 is 0 Å². The molecule has 0 unspecified atom stereocenters. The van der Waals surface area contributed by atoms with Crippen LogP contribution in [0.15, 0.2) is 30.5 Å². The Hall–Kier alpha value is -1.82. The van der Waals surface area contributed by atoms with Gasteiger partial charge in [-0.15, -0.1) is 0 Å². The fourth-order valence-electron chi connectivity index (χ4n) is 2.68. The molecule has 0 spiro atoms. The predicted octanol–water partition coefficient (Wildman–Crippen LogP) is 1.90. The quantitative estimate of drug-likeness (QED) is 0.874.